The fraction of sp³-hybridized carbons (Fsp3) is 0.214. The van der Waals surface area contributed by atoms with E-state index in [1.54, 1.807) is 24.9 Å². The van der Waals surface area contributed by atoms with Gasteiger partial charge in [-0.25, -0.2) is 9.97 Å². The summed E-state index contributed by atoms with van der Waals surface area (Å²) in [6.45, 7) is 1.86. The minimum Gasteiger partial charge on any atom is -0.482 e. The van der Waals surface area contributed by atoms with Crippen LogP contribution in [0.25, 0.3) is 11.3 Å². The van der Waals surface area contributed by atoms with Crippen LogP contribution in [0.3, 0.4) is 0 Å². The molecule has 2 N–H and O–H groups in total. The normalized spacial score (nSPS) is 13.9. The van der Waals surface area contributed by atoms with Crippen LogP contribution in [0.4, 0.5) is 11.5 Å². The van der Waals surface area contributed by atoms with Crippen molar-refractivity contribution in [1.29, 1.82) is 0 Å². The monoisotopic (exact) mass is 270 g/mol. The molecule has 2 heterocycles. The molecule has 0 saturated carbocycles. The first kappa shape index (κ1) is 12.4. The summed E-state index contributed by atoms with van der Waals surface area (Å²) in [6, 6.07) is 7.30. The van der Waals surface area contributed by atoms with E-state index in [0.29, 0.717) is 17.4 Å². The van der Waals surface area contributed by atoms with E-state index in [2.05, 4.69) is 9.97 Å². The zero-order valence-electron chi connectivity index (χ0n) is 11.3. The smallest absolute Gasteiger partial charge is 0.264 e. The van der Waals surface area contributed by atoms with Crippen molar-refractivity contribution in [3.63, 3.8) is 0 Å². The van der Waals surface area contributed by atoms with Crippen molar-refractivity contribution in [3.8, 4) is 17.0 Å². The summed E-state index contributed by atoms with van der Waals surface area (Å²) in [7, 11) is 1.73. The van der Waals surface area contributed by atoms with Crippen LogP contribution in [-0.4, -0.2) is 29.5 Å². The molecule has 102 valence electrons. The van der Waals surface area contributed by atoms with Crippen LogP contribution < -0.4 is 15.4 Å². The zero-order chi connectivity index (χ0) is 14.3. The molecule has 0 radical (unpaired) electrons. The number of carbonyl (C=O) groups is 1. The number of anilines is 2. The number of nitrogens with two attached hydrogens (primary N) is 1. The highest BCUT2D eigenvalue weighted by Gasteiger charge is 2.22. The second kappa shape index (κ2) is 4.48. The van der Waals surface area contributed by atoms with Gasteiger partial charge in [-0.3, -0.25) is 4.79 Å². The summed E-state index contributed by atoms with van der Waals surface area (Å²) in [5.74, 6) is 1.65. The van der Waals surface area contributed by atoms with Gasteiger partial charge in [-0.05, 0) is 25.1 Å². The number of likely N-dealkylation sites (N-methyl/N-ethyl adjacent to an activating group) is 1. The van der Waals surface area contributed by atoms with Crippen molar-refractivity contribution in [2.45, 2.75) is 6.92 Å². The maximum Gasteiger partial charge on any atom is 0.264 e. The summed E-state index contributed by atoms with van der Waals surface area (Å²) in [6.07, 6.45) is 0. The molecule has 0 atom stereocenters. The maximum atomic E-state index is 11.7. The summed E-state index contributed by atoms with van der Waals surface area (Å²) in [5, 5.41) is 0. The van der Waals surface area contributed by atoms with Crippen LogP contribution in [0, 0.1) is 6.92 Å². The van der Waals surface area contributed by atoms with Crippen LogP contribution in [0.2, 0.25) is 0 Å². The molecular weight excluding hydrogens is 256 g/mol. The third-order valence-electron chi connectivity index (χ3n) is 3.20. The maximum absolute atomic E-state index is 11.7. The number of amides is 1. The Kier molecular flexibility index (Phi) is 2.78. The van der Waals surface area contributed by atoms with Crippen LogP contribution in [0.5, 0.6) is 5.75 Å². The molecule has 1 aliphatic heterocycles. The number of nitrogens with zero attached hydrogens (tertiary/aromatic N) is 3. The van der Waals surface area contributed by atoms with Crippen molar-refractivity contribution in [3.05, 3.63) is 30.1 Å². The lowest BCUT2D eigenvalue weighted by molar-refractivity contribution is -0.120. The summed E-state index contributed by atoms with van der Waals surface area (Å²) in [5.41, 5.74) is 8.07. The number of fused-ring (bicyclic) bond motifs is 1. The predicted molar refractivity (Wildman–Crippen MR) is 75.5 cm³/mol. The molecule has 1 amide bonds. The molecule has 20 heavy (non-hydrogen) atoms. The third kappa shape index (κ3) is 2.05. The van der Waals surface area contributed by atoms with E-state index in [4.69, 9.17) is 10.5 Å². The average Bonchev–Trinajstić information content (AvgIpc) is 2.42. The van der Waals surface area contributed by atoms with E-state index in [-0.39, 0.29) is 12.5 Å². The van der Waals surface area contributed by atoms with Gasteiger partial charge >= 0.3 is 0 Å². The number of rotatable bonds is 1. The molecule has 6 heteroatoms. The third-order valence-corrected chi connectivity index (χ3v) is 3.20. The largest absolute Gasteiger partial charge is 0.482 e. The first-order chi connectivity index (χ1) is 9.54. The Bertz CT molecular complexity index is 679. The van der Waals surface area contributed by atoms with Crippen molar-refractivity contribution in [1.82, 2.24) is 9.97 Å². The molecule has 0 bridgehead atoms. The Labute approximate surface area is 116 Å². The molecule has 1 aliphatic rings. The van der Waals surface area contributed by atoms with Crippen molar-refractivity contribution in [2.75, 3.05) is 24.3 Å². The van der Waals surface area contributed by atoms with Gasteiger partial charge in [0.2, 0.25) is 0 Å². The minimum absolute atomic E-state index is 0.0718. The standard InChI is InChI=1S/C14H14N4O2/c1-8-16-10(6-13(15)17-8)9-3-4-12-11(5-9)18(2)14(19)7-20-12/h3-6H,7H2,1-2H3,(H2,15,16,17). The fourth-order valence-electron chi connectivity index (χ4n) is 2.17. The lowest BCUT2D eigenvalue weighted by Gasteiger charge is -2.26. The van der Waals surface area contributed by atoms with E-state index >= 15 is 0 Å². The second-order valence-corrected chi connectivity index (χ2v) is 4.65. The van der Waals surface area contributed by atoms with Gasteiger partial charge < -0.3 is 15.4 Å². The van der Waals surface area contributed by atoms with Crippen LogP contribution in [0.15, 0.2) is 24.3 Å². The SMILES string of the molecule is Cc1nc(N)cc(-c2ccc3c(c2)N(C)C(=O)CO3)n1. The van der Waals surface area contributed by atoms with Crippen LogP contribution >= 0.6 is 0 Å². The minimum atomic E-state index is -0.0759. The van der Waals surface area contributed by atoms with Gasteiger partial charge in [0.15, 0.2) is 6.61 Å². The lowest BCUT2D eigenvalue weighted by atomic mass is 10.1. The molecule has 6 nitrogen and oxygen atoms in total. The van der Waals surface area contributed by atoms with Gasteiger partial charge in [-0.2, -0.15) is 0 Å². The molecule has 0 aliphatic carbocycles. The summed E-state index contributed by atoms with van der Waals surface area (Å²) < 4.78 is 5.40. The number of benzene rings is 1. The van der Waals surface area contributed by atoms with Crippen molar-refractivity contribution in [2.24, 2.45) is 0 Å². The number of hydrogen-bond acceptors (Lipinski definition) is 5. The summed E-state index contributed by atoms with van der Waals surface area (Å²) >= 11 is 0. The molecule has 2 aromatic rings. The Morgan fingerprint density at radius 3 is 2.85 bits per heavy atom. The van der Waals surface area contributed by atoms with Gasteiger partial charge in [0, 0.05) is 18.7 Å². The predicted octanol–water partition coefficient (Wildman–Crippen LogP) is 1.39. The van der Waals surface area contributed by atoms with Crippen molar-refractivity contribution < 1.29 is 9.53 Å². The molecule has 1 aromatic carbocycles. The molecular formula is C14H14N4O2. The van der Waals surface area contributed by atoms with Gasteiger partial charge in [0.1, 0.15) is 17.4 Å². The molecule has 0 spiro atoms. The molecule has 0 unspecified atom stereocenters. The lowest BCUT2D eigenvalue weighted by Crippen LogP contribution is -2.35. The highest BCUT2D eigenvalue weighted by atomic mass is 16.5. The number of nitrogen functional groups attached to an aromatic ring is 1. The van der Waals surface area contributed by atoms with Crippen LogP contribution in [-0.2, 0) is 4.79 Å². The number of carbonyl (C=O) groups excluding carboxylic acids is 1. The number of aromatic nitrogens is 2. The highest BCUT2D eigenvalue weighted by molar-refractivity contribution is 5.98. The quantitative estimate of drug-likeness (QED) is 0.846. The molecule has 0 fully saturated rings. The van der Waals surface area contributed by atoms with Gasteiger partial charge in [-0.15, -0.1) is 0 Å². The highest BCUT2D eigenvalue weighted by Crippen LogP contribution is 2.34. The average molecular weight is 270 g/mol. The topological polar surface area (TPSA) is 81.3 Å². The second-order valence-electron chi connectivity index (χ2n) is 4.65. The Balaban J connectivity index is 2.10. The number of aryl methyl sites for hydroxylation is 1. The number of hydrogen-bond donors (Lipinski definition) is 1. The summed E-state index contributed by atoms with van der Waals surface area (Å²) in [4.78, 5) is 21.7. The van der Waals surface area contributed by atoms with E-state index in [1.165, 1.54) is 0 Å². The van der Waals surface area contributed by atoms with Crippen molar-refractivity contribution >= 4 is 17.4 Å². The van der Waals surface area contributed by atoms with Gasteiger partial charge in [0.05, 0.1) is 11.4 Å². The fourth-order valence-corrected chi connectivity index (χ4v) is 2.17. The first-order valence-electron chi connectivity index (χ1n) is 6.19. The van der Waals surface area contributed by atoms with Gasteiger partial charge in [0.25, 0.3) is 5.91 Å². The Morgan fingerprint density at radius 1 is 1.30 bits per heavy atom. The number of ether oxygens (including phenoxy) is 1. The molecule has 1 aromatic heterocycles. The molecule has 0 saturated heterocycles. The molecule has 3 rings (SSSR count). The Hall–Kier alpha value is -2.63. The zero-order valence-corrected chi connectivity index (χ0v) is 11.3. The Morgan fingerprint density at radius 2 is 2.10 bits per heavy atom. The van der Waals surface area contributed by atoms with Crippen LogP contribution in [0.1, 0.15) is 5.82 Å². The van der Waals surface area contributed by atoms with E-state index < -0.39 is 0 Å². The van der Waals surface area contributed by atoms with E-state index in [1.807, 2.05) is 18.2 Å². The first-order valence-corrected chi connectivity index (χ1v) is 6.19. The van der Waals surface area contributed by atoms with E-state index in [0.717, 1.165) is 16.9 Å². The van der Waals surface area contributed by atoms with E-state index in [9.17, 15) is 4.79 Å². The van der Waals surface area contributed by atoms with Gasteiger partial charge in [-0.1, -0.05) is 0 Å².